The van der Waals surface area contributed by atoms with Gasteiger partial charge >= 0.3 is 0 Å². The number of carbonyl (C=O) groups excluding carboxylic acids is 2. The van der Waals surface area contributed by atoms with Crippen LogP contribution in [0.15, 0.2) is 18.2 Å². The highest BCUT2D eigenvalue weighted by molar-refractivity contribution is 5.96. The lowest BCUT2D eigenvalue weighted by molar-refractivity contribution is -0.120. The zero-order chi connectivity index (χ0) is 15.1. The maximum absolute atomic E-state index is 12.9. The smallest absolute Gasteiger partial charge is 0.251 e. The van der Waals surface area contributed by atoms with Crippen LogP contribution in [-0.2, 0) is 4.79 Å². The molecule has 1 unspecified atom stereocenters. The van der Waals surface area contributed by atoms with E-state index in [4.69, 9.17) is 5.11 Å². The second-order valence-corrected chi connectivity index (χ2v) is 4.33. The summed E-state index contributed by atoms with van der Waals surface area (Å²) in [6.07, 6.45) is -0.130. The second kappa shape index (κ2) is 7.54. The summed E-state index contributed by atoms with van der Waals surface area (Å²) in [7, 11) is 0. The Morgan fingerprint density at radius 1 is 1.20 bits per heavy atom. The minimum absolute atomic E-state index is 0.195. The van der Waals surface area contributed by atoms with Crippen molar-refractivity contribution in [1.82, 2.24) is 10.6 Å². The van der Waals surface area contributed by atoms with Crippen molar-refractivity contribution in [2.24, 2.45) is 0 Å². The summed E-state index contributed by atoms with van der Waals surface area (Å²) in [5.41, 5.74) is -0.195. The van der Waals surface area contributed by atoms with E-state index in [0.717, 1.165) is 12.1 Å². The second-order valence-electron chi connectivity index (χ2n) is 4.33. The van der Waals surface area contributed by atoms with E-state index in [1.54, 1.807) is 6.92 Å². The molecule has 1 aromatic rings. The van der Waals surface area contributed by atoms with Crippen LogP contribution in [0.3, 0.4) is 0 Å². The van der Waals surface area contributed by atoms with E-state index in [0.29, 0.717) is 12.5 Å². The molecule has 20 heavy (non-hydrogen) atoms. The van der Waals surface area contributed by atoms with E-state index in [9.17, 15) is 18.4 Å². The Hall–Kier alpha value is -2.02. The minimum Gasteiger partial charge on any atom is -0.393 e. The molecular formula is C13H16F2N2O3. The SMILES string of the molecule is CC(O)CCNC(=O)CNC(=O)c1cc(F)cc(F)c1. The highest BCUT2D eigenvalue weighted by atomic mass is 19.1. The number of aliphatic hydroxyl groups is 1. The number of carbonyl (C=O) groups is 2. The molecule has 2 amide bonds. The Bertz CT molecular complexity index is 472. The van der Waals surface area contributed by atoms with Crippen LogP contribution in [0, 0.1) is 11.6 Å². The average molecular weight is 286 g/mol. The highest BCUT2D eigenvalue weighted by Gasteiger charge is 2.10. The highest BCUT2D eigenvalue weighted by Crippen LogP contribution is 2.07. The predicted molar refractivity (Wildman–Crippen MR) is 68.0 cm³/mol. The number of nitrogens with one attached hydrogen (secondary N) is 2. The Morgan fingerprint density at radius 3 is 2.35 bits per heavy atom. The van der Waals surface area contributed by atoms with Crippen molar-refractivity contribution < 1.29 is 23.5 Å². The first-order chi connectivity index (χ1) is 9.38. The molecular weight excluding hydrogens is 270 g/mol. The zero-order valence-corrected chi connectivity index (χ0v) is 11.0. The Kier molecular flexibility index (Phi) is 6.05. The van der Waals surface area contributed by atoms with Gasteiger partial charge in [-0.2, -0.15) is 0 Å². The monoisotopic (exact) mass is 286 g/mol. The molecule has 0 spiro atoms. The zero-order valence-electron chi connectivity index (χ0n) is 11.0. The molecule has 1 atom stereocenters. The first-order valence-electron chi connectivity index (χ1n) is 6.07. The van der Waals surface area contributed by atoms with Gasteiger partial charge in [0.1, 0.15) is 11.6 Å². The quantitative estimate of drug-likeness (QED) is 0.716. The van der Waals surface area contributed by atoms with Crippen LogP contribution in [0.2, 0.25) is 0 Å². The lowest BCUT2D eigenvalue weighted by Crippen LogP contribution is -2.37. The van der Waals surface area contributed by atoms with Crippen LogP contribution < -0.4 is 10.6 Å². The molecule has 1 aromatic carbocycles. The molecule has 0 aliphatic carbocycles. The molecule has 0 aliphatic rings. The van der Waals surface area contributed by atoms with E-state index in [1.807, 2.05) is 0 Å². The molecule has 7 heteroatoms. The summed E-state index contributed by atoms with van der Waals surface area (Å²) in [5.74, 6) is -2.92. The number of hydrogen-bond acceptors (Lipinski definition) is 3. The van der Waals surface area contributed by atoms with E-state index in [-0.39, 0.29) is 18.7 Å². The van der Waals surface area contributed by atoms with Crippen LogP contribution in [0.25, 0.3) is 0 Å². The molecule has 0 saturated heterocycles. The van der Waals surface area contributed by atoms with Gasteiger partial charge in [-0.3, -0.25) is 9.59 Å². The third-order valence-electron chi connectivity index (χ3n) is 2.42. The molecule has 0 saturated carbocycles. The van der Waals surface area contributed by atoms with Gasteiger partial charge in [0.05, 0.1) is 12.6 Å². The molecule has 0 bridgehead atoms. The topological polar surface area (TPSA) is 78.4 Å². The van der Waals surface area contributed by atoms with Gasteiger partial charge in [0.2, 0.25) is 5.91 Å². The van der Waals surface area contributed by atoms with Gasteiger partial charge in [-0.15, -0.1) is 0 Å². The molecule has 1 rings (SSSR count). The lowest BCUT2D eigenvalue weighted by Gasteiger charge is -2.08. The third-order valence-corrected chi connectivity index (χ3v) is 2.42. The fourth-order valence-electron chi connectivity index (χ4n) is 1.43. The number of halogens is 2. The predicted octanol–water partition coefficient (Wildman–Crippen LogP) is 0.582. The first-order valence-corrected chi connectivity index (χ1v) is 6.07. The number of amides is 2. The van der Waals surface area contributed by atoms with E-state index >= 15 is 0 Å². The normalized spacial score (nSPS) is 11.8. The summed E-state index contributed by atoms with van der Waals surface area (Å²) in [5, 5.41) is 13.7. The number of hydrogen-bond donors (Lipinski definition) is 3. The molecule has 0 aromatic heterocycles. The van der Waals surface area contributed by atoms with Gasteiger partial charge in [0, 0.05) is 18.2 Å². The maximum atomic E-state index is 12.9. The Labute approximate surface area is 115 Å². The first kappa shape index (κ1) is 16.0. The largest absolute Gasteiger partial charge is 0.393 e. The van der Waals surface area contributed by atoms with Crippen LogP contribution in [0.5, 0.6) is 0 Å². The van der Waals surface area contributed by atoms with Crippen molar-refractivity contribution in [2.75, 3.05) is 13.1 Å². The van der Waals surface area contributed by atoms with E-state index < -0.39 is 29.6 Å². The summed E-state index contributed by atoms with van der Waals surface area (Å²) in [6.45, 7) is 1.56. The Balaban J connectivity index is 2.41. The summed E-state index contributed by atoms with van der Waals surface area (Å²) >= 11 is 0. The van der Waals surface area contributed by atoms with Gasteiger partial charge in [0.25, 0.3) is 5.91 Å². The van der Waals surface area contributed by atoms with Gasteiger partial charge in [-0.25, -0.2) is 8.78 Å². The molecule has 0 aliphatic heterocycles. The van der Waals surface area contributed by atoms with Crippen molar-refractivity contribution >= 4 is 11.8 Å². The van der Waals surface area contributed by atoms with Crippen LogP contribution in [0.4, 0.5) is 8.78 Å². The fraction of sp³-hybridized carbons (Fsp3) is 0.385. The summed E-state index contributed by atoms with van der Waals surface area (Å²) < 4.78 is 25.8. The molecule has 3 N–H and O–H groups in total. The van der Waals surface area contributed by atoms with Crippen molar-refractivity contribution in [2.45, 2.75) is 19.4 Å². The number of aliphatic hydroxyl groups excluding tert-OH is 1. The lowest BCUT2D eigenvalue weighted by atomic mass is 10.2. The fourth-order valence-corrected chi connectivity index (χ4v) is 1.43. The summed E-state index contributed by atoms with van der Waals surface area (Å²) in [6, 6.07) is 2.41. The standard InChI is InChI=1S/C13H16F2N2O3/c1-8(18)2-3-16-12(19)7-17-13(20)9-4-10(14)6-11(15)5-9/h4-6,8,18H,2-3,7H2,1H3,(H,16,19)(H,17,20). The Morgan fingerprint density at radius 2 is 1.80 bits per heavy atom. The van der Waals surface area contributed by atoms with Crippen LogP contribution in [0.1, 0.15) is 23.7 Å². The van der Waals surface area contributed by atoms with Gasteiger partial charge < -0.3 is 15.7 Å². The maximum Gasteiger partial charge on any atom is 0.251 e. The molecule has 0 fully saturated rings. The van der Waals surface area contributed by atoms with E-state index in [2.05, 4.69) is 10.6 Å². The minimum atomic E-state index is -0.864. The van der Waals surface area contributed by atoms with Crippen molar-refractivity contribution in [1.29, 1.82) is 0 Å². The van der Waals surface area contributed by atoms with Gasteiger partial charge in [-0.1, -0.05) is 0 Å². The van der Waals surface area contributed by atoms with Crippen molar-refractivity contribution in [3.8, 4) is 0 Å². The average Bonchev–Trinajstić information content (AvgIpc) is 2.34. The van der Waals surface area contributed by atoms with E-state index in [1.165, 1.54) is 0 Å². The van der Waals surface area contributed by atoms with Crippen molar-refractivity contribution in [3.63, 3.8) is 0 Å². The molecule has 110 valence electrons. The molecule has 5 nitrogen and oxygen atoms in total. The van der Waals surface area contributed by atoms with Gasteiger partial charge in [0.15, 0.2) is 0 Å². The van der Waals surface area contributed by atoms with Gasteiger partial charge in [-0.05, 0) is 25.5 Å². The summed E-state index contributed by atoms with van der Waals surface area (Å²) in [4.78, 5) is 22.9. The van der Waals surface area contributed by atoms with Crippen molar-refractivity contribution in [3.05, 3.63) is 35.4 Å². The molecule has 0 heterocycles. The van der Waals surface area contributed by atoms with Crippen LogP contribution >= 0.6 is 0 Å². The number of benzene rings is 1. The molecule has 0 radical (unpaired) electrons. The third kappa shape index (κ3) is 5.75. The van der Waals surface area contributed by atoms with Crippen LogP contribution in [-0.4, -0.2) is 36.1 Å². The number of rotatable bonds is 6.